The molecule has 0 spiro atoms. The molecule has 0 nitrogen and oxygen atoms in total. The topological polar surface area (TPSA) is 0 Å². The van der Waals surface area contributed by atoms with Crippen LogP contribution in [0.15, 0.2) is 51.4 Å². The minimum absolute atomic E-state index is 0.342. The van der Waals surface area contributed by atoms with Crippen molar-refractivity contribution < 1.29 is 0 Å². The second-order valence-electron chi connectivity index (χ2n) is 4.36. The number of hydrogen-bond donors (Lipinski definition) is 0. The van der Waals surface area contributed by atoms with Crippen LogP contribution in [0.1, 0.15) is 21.5 Å². The Morgan fingerprint density at radius 1 is 0.944 bits per heavy atom. The summed E-state index contributed by atoms with van der Waals surface area (Å²) >= 11 is 10.8. The second kappa shape index (κ2) is 6.36. The molecule has 0 amide bonds. The highest BCUT2D eigenvalue weighted by Gasteiger charge is 2.09. The van der Waals surface area contributed by atoms with E-state index in [0.717, 1.165) is 15.4 Å². The lowest BCUT2D eigenvalue weighted by atomic mass is 10.0. The summed E-state index contributed by atoms with van der Waals surface area (Å²) in [5.74, 6) is 0. The van der Waals surface area contributed by atoms with Gasteiger partial charge in [-0.2, -0.15) is 0 Å². The Bertz CT molecular complexity index is 512. The molecule has 0 aromatic heterocycles. The minimum atomic E-state index is 0.342. The highest BCUT2D eigenvalue weighted by atomic mass is 79.9. The molecule has 0 saturated carbocycles. The van der Waals surface area contributed by atoms with Crippen LogP contribution in [0.25, 0.3) is 0 Å². The SMILES string of the molecule is Cc1cc(Br)cc(C(Br)Cc2ccc(Br)cc2)c1. The fourth-order valence-electron chi connectivity index (χ4n) is 1.89. The van der Waals surface area contributed by atoms with E-state index in [1.165, 1.54) is 16.7 Å². The number of aryl methyl sites for hydroxylation is 1. The molecule has 0 heterocycles. The average Bonchev–Trinajstić information content (AvgIpc) is 2.31. The van der Waals surface area contributed by atoms with Gasteiger partial charge in [-0.15, -0.1) is 0 Å². The highest BCUT2D eigenvalue weighted by molar-refractivity contribution is 9.10. The molecule has 2 aromatic carbocycles. The van der Waals surface area contributed by atoms with E-state index in [0.29, 0.717) is 4.83 Å². The summed E-state index contributed by atoms with van der Waals surface area (Å²) in [6, 6.07) is 15.0. The number of benzene rings is 2. The molecule has 0 fully saturated rings. The van der Waals surface area contributed by atoms with Gasteiger partial charge in [0.25, 0.3) is 0 Å². The molecule has 94 valence electrons. The first-order valence-electron chi connectivity index (χ1n) is 5.70. The molecule has 0 saturated heterocycles. The quantitative estimate of drug-likeness (QED) is 0.506. The first kappa shape index (κ1) is 14.3. The summed E-state index contributed by atoms with van der Waals surface area (Å²) in [6.07, 6.45) is 0.989. The van der Waals surface area contributed by atoms with Gasteiger partial charge >= 0.3 is 0 Å². The van der Waals surface area contributed by atoms with Crippen LogP contribution in [-0.4, -0.2) is 0 Å². The van der Waals surface area contributed by atoms with Crippen molar-refractivity contribution in [3.63, 3.8) is 0 Å². The van der Waals surface area contributed by atoms with Crippen molar-refractivity contribution in [3.05, 3.63) is 68.1 Å². The van der Waals surface area contributed by atoms with E-state index in [9.17, 15) is 0 Å². The van der Waals surface area contributed by atoms with Crippen molar-refractivity contribution >= 4 is 47.8 Å². The zero-order valence-corrected chi connectivity index (χ0v) is 14.7. The van der Waals surface area contributed by atoms with Crippen LogP contribution in [0.2, 0.25) is 0 Å². The Labute approximate surface area is 133 Å². The van der Waals surface area contributed by atoms with E-state index in [1.807, 2.05) is 0 Å². The van der Waals surface area contributed by atoms with Crippen molar-refractivity contribution in [1.29, 1.82) is 0 Å². The van der Waals surface area contributed by atoms with Gasteiger partial charge in [0, 0.05) is 13.8 Å². The lowest BCUT2D eigenvalue weighted by Gasteiger charge is -2.12. The van der Waals surface area contributed by atoms with Crippen molar-refractivity contribution in [3.8, 4) is 0 Å². The van der Waals surface area contributed by atoms with Gasteiger partial charge in [0.15, 0.2) is 0 Å². The fraction of sp³-hybridized carbons (Fsp3) is 0.200. The van der Waals surface area contributed by atoms with Gasteiger partial charge in [-0.05, 0) is 54.3 Å². The second-order valence-corrected chi connectivity index (χ2v) is 7.30. The lowest BCUT2D eigenvalue weighted by Crippen LogP contribution is -1.96. The Morgan fingerprint density at radius 3 is 2.22 bits per heavy atom. The van der Waals surface area contributed by atoms with Crippen LogP contribution in [0.4, 0.5) is 0 Å². The molecule has 0 bridgehead atoms. The lowest BCUT2D eigenvalue weighted by molar-refractivity contribution is 0.945. The molecule has 0 aliphatic rings. The molecule has 2 aromatic rings. The van der Waals surface area contributed by atoms with Gasteiger partial charge in [0.2, 0.25) is 0 Å². The van der Waals surface area contributed by atoms with Gasteiger partial charge in [-0.1, -0.05) is 66.0 Å². The van der Waals surface area contributed by atoms with Crippen LogP contribution in [-0.2, 0) is 6.42 Å². The predicted octanol–water partition coefficient (Wildman–Crippen LogP) is 6.20. The van der Waals surface area contributed by atoms with E-state index in [-0.39, 0.29) is 0 Å². The first-order chi connectivity index (χ1) is 8.54. The molecule has 2 rings (SSSR count). The molecule has 0 aliphatic heterocycles. The van der Waals surface area contributed by atoms with Gasteiger partial charge in [-0.25, -0.2) is 0 Å². The maximum absolute atomic E-state index is 3.78. The molecule has 18 heavy (non-hydrogen) atoms. The third-order valence-corrected chi connectivity index (χ3v) is 4.59. The summed E-state index contributed by atoms with van der Waals surface area (Å²) in [5, 5.41) is 0. The molecule has 0 N–H and O–H groups in total. The third-order valence-electron chi connectivity index (χ3n) is 2.75. The van der Waals surface area contributed by atoms with E-state index < -0.39 is 0 Å². The summed E-state index contributed by atoms with van der Waals surface area (Å²) in [5.41, 5.74) is 3.92. The fourth-order valence-corrected chi connectivity index (χ4v) is 3.42. The van der Waals surface area contributed by atoms with Gasteiger partial charge < -0.3 is 0 Å². The summed E-state index contributed by atoms with van der Waals surface area (Å²) < 4.78 is 2.26. The molecule has 1 unspecified atom stereocenters. The van der Waals surface area contributed by atoms with Crippen molar-refractivity contribution in [2.75, 3.05) is 0 Å². The predicted molar refractivity (Wildman–Crippen MR) is 88.4 cm³/mol. The molecule has 0 aliphatic carbocycles. The maximum Gasteiger partial charge on any atom is 0.0436 e. The average molecular weight is 433 g/mol. The van der Waals surface area contributed by atoms with Crippen molar-refractivity contribution in [2.24, 2.45) is 0 Å². The molecular weight excluding hydrogens is 420 g/mol. The van der Waals surface area contributed by atoms with Crippen LogP contribution in [0.5, 0.6) is 0 Å². The van der Waals surface area contributed by atoms with Gasteiger partial charge in [-0.3, -0.25) is 0 Å². The number of halogens is 3. The zero-order chi connectivity index (χ0) is 13.1. The summed E-state index contributed by atoms with van der Waals surface area (Å²) in [6.45, 7) is 2.12. The van der Waals surface area contributed by atoms with Gasteiger partial charge in [0.1, 0.15) is 0 Å². The molecule has 3 heteroatoms. The van der Waals surface area contributed by atoms with E-state index in [2.05, 4.69) is 97.2 Å². The van der Waals surface area contributed by atoms with E-state index in [4.69, 9.17) is 0 Å². The number of rotatable bonds is 3. The largest absolute Gasteiger partial charge is 0.0835 e. The van der Waals surface area contributed by atoms with Crippen LogP contribution >= 0.6 is 47.8 Å². The van der Waals surface area contributed by atoms with Crippen LogP contribution in [0, 0.1) is 6.92 Å². The molecular formula is C15H13Br3. The Balaban J connectivity index is 2.16. The molecule has 0 radical (unpaired) electrons. The van der Waals surface area contributed by atoms with E-state index >= 15 is 0 Å². The monoisotopic (exact) mass is 430 g/mol. The smallest absolute Gasteiger partial charge is 0.0436 e. The highest BCUT2D eigenvalue weighted by Crippen LogP contribution is 2.30. The van der Waals surface area contributed by atoms with Gasteiger partial charge in [0.05, 0.1) is 0 Å². The summed E-state index contributed by atoms with van der Waals surface area (Å²) in [4.78, 5) is 0.342. The third kappa shape index (κ3) is 3.94. The molecule has 1 atom stereocenters. The van der Waals surface area contributed by atoms with Crippen LogP contribution < -0.4 is 0 Å². The standard InChI is InChI=1S/C15H13Br3/c1-10-6-12(9-14(17)7-10)15(18)8-11-2-4-13(16)5-3-11/h2-7,9,15H,8H2,1H3. The Kier molecular flexibility index (Phi) is 5.05. The van der Waals surface area contributed by atoms with Crippen molar-refractivity contribution in [1.82, 2.24) is 0 Å². The number of hydrogen-bond acceptors (Lipinski definition) is 0. The minimum Gasteiger partial charge on any atom is -0.0835 e. The first-order valence-corrected chi connectivity index (χ1v) is 8.20. The Hall–Kier alpha value is -0.120. The summed E-state index contributed by atoms with van der Waals surface area (Å²) in [7, 11) is 0. The van der Waals surface area contributed by atoms with Crippen LogP contribution in [0.3, 0.4) is 0 Å². The normalized spacial score (nSPS) is 12.4. The van der Waals surface area contributed by atoms with Crippen molar-refractivity contribution in [2.45, 2.75) is 18.2 Å². The zero-order valence-electron chi connectivity index (χ0n) is 9.96. The van der Waals surface area contributed by atoms with E-state index in [1.54, 1.807) is 0 Å². The number of alkyl halides is 1. The Morgan fingerprint density at radius 2 is 1.61 bits per heavy atom. The maximum atomic E-state index is 3.78.